The summed E-state index contributed by atoms with van der Waals surface area (Å²) in [5, 5.41) is 0. The number of hydrogen-bond donors (Lipinski definition) is 0. The van der Waals surface area contributed by atoms with E-state index in [1.54, 1.807) is 5.56 Å². The number of hydrogen-bond acceptors (Lipinski definition) is 0. The lowest BCUT2D eigenvalue weighted by Crippen LogP contribution is -2.22. The molecule has 0 aromatic heterocycles. The normalized spacial score (nSPS) is 14.7. The molecule has 0 N–H and O–H groups in total. The van der Waals surface area contributed by atoms with E-state index in [9.17, 15) is 0 Å². The number of rotatable bonds is 12. The predicted octanol–water partition coefficient (Wildman–Crippen LogP) is 9.16. The molecule has 0 saturated heterocycles. The Balaban J connectivity index is 0.00000233. The number of benzene rings is 2. The molecule has 3 unspecified atom stereocenters. The molecule has 0 heterocycles. The van der Waals surface area contributed by atoms with Gasteiger partial charge >= 0.3 is 0 Å². The molecule has 2 aromatic carbocycles. The topological polar surface area (TPSA) is 0 Å². The highest BCUT2D eigenvalue weighted by molar-refractivity contribution is 5.31. The van der Waals surface area contributed by atoms with E-state index in [0.717, 1.165) is 12.3 Å². The first kappa shape index (κ1) is 27.0. The highest BCUT2D eigenvalue weighted by Gasteiger charge is 2.27. The zero-order valence-corrected chi connectivity index (χ0v) is 21.1. The van der Waals surface area contributed by atoms with E-state index >= 15 is 0 Å². The highest BCUT2D eigenvalue weighted by atomic mass is 14.3. The first-order chi connectivity index (χ1) is 14.9. The monoisotopic (exact) mass is 418 g/mol. The van der Waals surface area contributed by atoms with Crippen molar-refractivity contribution < 1.29 is 0 Å². The van der Waals surface area contributed by atoms with Crippen LogP contribution in [0.15, 0.2) is 48.5 Å². The molecular weight excluding hydrogens is 372 g/mol. The molecule has 0 aliphatic carbocycles. The van der Waals surface area contributed by atoms with Crippen LogP contribution in [0.2, 0.25) is 0 Å². The molecule has 0 aliphatic rings. The summed E-state index contributed by atoms with van der Waals surface area (Å²) >= 11 is 0. The summed E-state index contributed by atoms with van der Waals surface area (Å²) in [6.45, 7) is 14.3. The van der Waals surface area contributed by atoms with Crippen molar-refractivity contribution in [2.24, 2.45) is 11.3 Å². The molecule has 3 atom stereocenters. The molecule has 0 bridgehead atoms. The minimum atomic E-state index is 0.446. The molecule has 0 amide bonds. The Kier molecular flexibility index (Phi) is 12.3. The van der Waals surface area contributed by atoms with Crippen molar-refractivity contribution in [1.29, 1.82) is 0 Å². The average Bonchev–Trinajstić information content (AvgIpc) is 2.78. The van der Waals surface area contributed by atoms with Crippen LogP contribution in [0.4, 0.5) is 0 Å². The lowest BCUT2D eigenvalue weighted by atomic mass is 9.72. The fourth-order valence-electron chi connectivity index (χ4n) is 5.07. The average molecular weight is 419 g/mol. The van der Waals surface area contributed by atoms with Crippen molar-refractivity contribution in [3.63, 3.8) is 0 Å². The van der Waals surface area contributed by atoms with Crippen molar-refractivity contribution in [3.05, 3.63) is 70.8 Å². The molecule has 0 nitrogen and oxygen atoms in total. The number of unbranched alkanes of at least 4 members (excludes halogenated alkanes) is 1. The zero-order chi connectivity index (χ0) is 23.3. The van der Waals surface area contributed by atoms with Gasteiger partial charge in [0.2, 0.25) is 0 Å². The van der Waals surface area contributed by atoms with Gasteiger partial charge in [0.25, 0.3) is 0 Å². The summed E-state index contributed by atoms with van der Waals surface area (Å²) in [6.07, 6.45) is 18.3. The summed E-state index contributed by atoms with van der Waals surface area (Å²) in [5.41, 5.74) is 6.43. The first-order valence-corrected chi connectivity index (χ1v) is 12.3. The molecule has 0 heteroatoms. The van der Waals surface area contributed by atoms with Gasteiger partial charge in [-0.3, -0.25) is 0 Å². The van der Waals surface area contributed by atoms with Gasteiger partial charge in [-0.2, -0.15) is 0 Å². The Bertz CT molecular complexity index is 754. The maximum atomic E-state index is 4.00. The van der Waals surface area contributed by atoms with Gasteiger partial charge < -0.3 is 0 Å². The van der Waals surface area contributed by atoms with E-state index < -0.39 is 0 Å². The molecule has 0 radical (unpaired) electrons. The molecule has 2 aromatic rings. The predicted molar refractivity (Wildman–Crippen MR) is 140 cm³/mol. The molecule has 2 rings (SSSR count). The van der Waals surface area contributed by atoms with Crippen molar-refractivity contribution in [2.45, 2.75) is 98.8 Å². The Morgan fingerprint density at radius 1 is 0.935 bits per heavy atom. The fraction of sp³-hybridized carbons (Fsp3) is 0.548. The van der Waals surface area contributed by atoms with E-state index in [1.807, 2.05) is 0 Å². The third kappa shape index (κ3) is 9.35. The standard InChI is InChI=1S/C29H44.C2H2/c1-7-9-18-29(6,19-17-28-16-15-26(8-2)21-25(28)5)22-23(3)20-24(4)27-13-11-10-12-14-27;1-2/h10-16,21,23-24H,7-9,17-20,22H2,1-6H3;1-2H. The lowest BCUT2D eigenvalue weighted by molar-refractivity contribution is 0.196. The SMILES string of the molecule is C#C.CCCCC(C)(CCc1ccc(CC)cc1C)CC(C)CC(C)c1ccccc1. The first-order valence-electron chi connectivity index (χ1n) is 12.3. The minimum Gasteiger partial charge on any atom is -0.124 e. The van der Waals surface area contributed by atoms with Gasteiger partial charge in [-0.15, -0.1) is 12.8 Å². The van der Waals surface area contributed by atoms with Crippen molar-refractivity contribution >= 4 is 0 Å². The van der Waals surface area contributed by atoms with Crippen LogP contribution in [-0.4, -0.2) is 0 Å². The van der Waals surface area contributed by atoms with Gasteiger partial charge in [-0.05, 0) is 85.0 Å². The number of terminal acetylenes is 1. The van der Waals surface area contributed by atoms with E-state index in [2.05, 4.69) is 103 Å². The van der Waals surface area contributed by atoms with E-state index in [0.29, 0.717) is 11.3 Å². The summed E-state index contributed by atoms with van der Waals surface area (Å²) in [7, 11) is 0. The second-order valence-corrected chi connectivity index (χ2v) is 9.89. The Morgan fingerprint density at radius 3 is 2.19 bits per heavy atom. The summed E-state index contributed by atoms with van der Waals surface area (Å²) in [4.78, 5) is 0. The van der Waals surface area contributed by atoms with Crippen LogP contribution in [-0.2, 0) is 12.8 Å². The lowest BCUT2D eigenvalue weighted by Gasteiger charge is -2.34. The van der Waals surface area contributed by atoms with Crippen molar-refractivity contribution in [3.8, 4) is 12.8 Å². The summed E-state index contributed by atoms with van der Waals surface area (Å²) in [5.74, 6) is 1.40. The van der Waals surface area contributed by atoms with E-state index in [4.69, 9.17) is 0 Å². The smallest absolute Gasteiger partial charge is 0.0188 e. The largest absolute Gasteiger partial charge is 0.124 e. The molecule has 0 saturated carbocycles. The zero-order valence-electron chi connectivity index (χ0n) is 21.1. The van der Waals surface area contributed by atoms with Gasteiger partial charge in [-0.1, -0.05) is 96.0 Å². The Hall–Kier alpha value is -2.00. The van der Waals surface area contributed by atoms with Crippen LogP contribution < -0.4 is 0 Å². The van der Waals surface area contributed by atoms with Crippen LogP contribution in [0, 0.1) is 31.1 Å². The second kappa shape index (κ2) is 14.1. The summed E-state index contributed by atoms with van der Waals surface area (Å²) < 4.78 is 0. The molecular formula is C31H46. The highest BCUT2D eigenvalue weighted by Crippen LogP contribution is 2.39. The maximum Gasteiger partial charge on any atom is -0.0188 e. The molecule has 0 spiro atoms. The third-order valence-electron chi connectivity index (χ3n) is 6.91. The summed E-state index contributed by atoms with van der Waals surface area (Å²) in [6, 6.07) is 18.2. The Morgan fingerprint density at radius 2 is 1.61 bits per heavy atom. The number of aryl methyl sites for hydroxylation is 3. The van der Waals surface area contributed by atoms with E-state index in [1.165, 1.54) is 61.6 Å². The molecule has 31 heavy (non-hydrogen) atoms. The quantitative estimate of drug-likeness (QED) is 0.301. The van der Waals surface area contributed by atoms with Crippen LogP contribution in [0.1, 0.15) is 101 Å². The molecule has 0 aliphatic heterocycles. The van der Waals surface area contributed by atoms with Gasteiger partial charge in [0.1, 0.15) is 0 Å². The van der Waals surface area contributed by atoms with Crippen molar-refractivity contribution in [2.75, 3.05) is 0 Å². The van der Waals surface area contributed by atoms with Crippen LogP contribution in [0.3, 0.4) is 0 Å². The van der Waals surface area contributed by atoms with Gasteiger partial charge in [-0.25, -0.2) is 0 Å². The fourth-order valence-corrected chi connectivity index (χ4v) is 5.07. The Labute approximate surface area is 193 Å². The third-order valence-corrected chi connectivity index (χ3v) is 6.91. The van der Waals surface area contributed by atoms with Gasteiger partial charge in [0, 0.05) is 0 Å². The van der Waals surface area contributed by atoms with Crippen LogP contribution >= 0.6 is 0 Å². The van der Waals surface area contributed by atoms with Crippen LogP contribution in [0.5, 0.6) is 0 Å². The van der Waals surface area contributed by atoms with Gasteiger partial charge in [0.05, 0.1) is 0 Å². The second-order valence-electron chi connectivity index (χ2n) is 9.89. The van der Waals surface area contributed by atoms with Crippen LogP contribution in [0.25, 0.3) is 0 Å². The van der Waals surface area contributed by atoms with E-state index in [-0.39, 0.29) is 0 Å². The molecule has 170 valence electrons. The minimum absolute atomic E-state index is 0.446. The maximum absolute atomic E-state index is 4.00. The molecule has 0 fully saturated rings. The van der Waals surface area contributed by atoms with Gasteiger partial charge in [0.15, 0.2) is 0 Å². The van der Waals surface area contributed by atoms with Crippen molar-refractivity contribution in [1.82, 2.24) is 0 Å².